The number of ketones is 1. The molecule has 8 nitrogen and oxygen atoms in total. The fourth-order valence-corrected chi connectivity index (χ4v) is 7.08. The molecule has 1 aliphatic carbocycles. The number of likely N-dealkylation sites (tertiary alicyclic amines) is 2. The number of hydrogen-bond donors (Lipinski definition) is 1. The second-order valence-corrected chi connectivity index (χ2v) is 12.4. The normalized spacial score (nSPS) is 24.4. The third-order valence-electron chi connectivity index (χ3n) is 9.13. The number of nitrogens with one attached hydrogen (secondary N) is 1. The van der Waals surface area contributed by atoms with E-state index in [2.05, 4.69) is 10.2 Å². The Kier molecular flexibility index (Phi) is 8.57. The van der Waals surface area contributed by atoms with Gasteiger partial charge in [-0.3, -0.25) is 19.2 Å². The van der Waals surface area contributed by atoms with Gasteiger partial charge in [0, 0.05) is 37.3 Å². The van der Waals surface area contributed by atoms with Crippen molar-refractivity contribution in [2.75, 3.05) is 31.1 Å². The van der Waals surface area contributed by atoms with Crippen molar-refractivity contribution >= 4 is 29.2 Å². The van der Waals surface area contributed by atoms with Crippen LogP contribution >= 0.6 is 0 Å². The second kappa shape index (κ2) is 12.1. The Labute approximate surface area is 232 Å². The van der Waals surface area contributed by atoms with Crippen molar-refractivity contribution in [1.29, 1.82) is 0 Å². The number of benzene rings is 1. The van der Waals surface area contributed by atoms with Crippen molar-refractivity contribution in [3.63, 3.8) is 0 Å². The maximum absolute atomic E-state index is 13.8. The third kappa shape index (κ3) is 6.15. The van der Waals surface area contributed by atoms with Crippen molar-refractivity contribution < 1.29 is 19.2 Å². The van der Waals surface area contributed by atoms with Gasteiger partial charge >= 0.3 is 0 Å². The second-order valence-electron chi connectivity index (χ2n) is 12.4. The smallest absolute Gasteiger partial charge is 0.251 e. The van der Waals surface area contributed by atoms with Gasteiger partial charge in [0.05, 0.1) is 12.6 Å². The minimum absolute atomic E-state index is 0.0569. The molecule has 3 amide bonds. The van der Waals surface area contributed by atoms with Crippen LogP contribution in [0.3, 0.4) is 0 Å². The summed E-state index contributed by atoms with van der Waals surface area (Å²) in [6.45, 7) is 6.65. The van der Waals surface area contributed by atoms with Crippen molar-refractivity contribution in [2.24, 2.45) is 11.8 Å². The number of Topliss-reactive ketones (excluding diaryl/α,β-unsaturated/α-hetero) is 1. The van der Waals surface area contributed by atoms with Gasteiger partial charge in [-0.1, -0.05) is 33.1 Å². The summed E-state index contributed by atoms with van der Waals surface area (Å²) in [5, 5.41) is 2.98. The molecule has 5 rings (SSSR count). The van der Waals surface area contributed by atoms with Crippen LogP contribution in [0.4, 0.5) is 5.69 Å². The van der Waals surface area contributed by atoms with Crippen LogP contribution in [-0.2, 0) is 14.4 Å². The SMILES string of the molecule is CC(C)CC(NC(=O)c1ccc(N2CCCC2)cc1)C(=O)N1CCC2C1C(=O)CN2C(=O)CC1CCCCC1. The fourth-order valence-electron chi connectivity index (χ4n) is 7.08. The topological polar surface area (TPSA) is 90.0 Å². The van der Waals surface area contributed by atoms with Crippen LogP contribution in [0.5, 0.6) is 0 Å². The van der Waals surface area contributed by atoms with E-state index in [1.807, 2.05) is 38.1 Å². The molecule has 39 heavy (non-hydrogen) atoms. The van der Waals surface area contributed by atoms with E-state index in [0.29, 0.717) is 37.3 Å². The lowest BCUT2D eigenvalue weighted by atomic mass is 9.86. The van der Waals surface area contributed by atoms with Crippen molar-refractivity contribution in [3.8, 4) is 0 Å². The van der Waals surface area contributed by atoms with E-state index in [-0.39, 0.29) is 42.0 Å². The fraction of sp³-hybridized carbons (Fsp3) is 0.677. The molecule has 1 aromatic carbocycles. The summed E-state index contributed by atoms with van der Waals surface area (Å²) >= 11 is 0. The van der Waals surface area contributed by atoms with Crippen LogP contribution in [0.1, 0.15) is 88.4 Å². The lowest BCUT2D eigenvalue weighted by Gasteiger charge is -2.29. The molecule has 3 atom stereocenters. The quantitative estimate of drug-likeness (QED) is 0.546. The van der Waals surface area contributed by atoms with E-state index >= 15 is 0 Å². The van der Waals surface area contributed by atoms with Crippen molar-refractivity contribution in [3.05, 3.63) is 29.8 Å². The average Bonchev–Trinajstić information content (AvgIpc) is 3.68. The third-order valence-corrected chi connectivity index (χ3v) is 9.13. The molecule has 0 radical (unpaired) electrons. The summed E-state index contributed by atoms with van der Waals surface area (Å²) in [6.07, 6.45) is 9.76. The molecule has 1 N–H and O–H groups in total. The molecular formula is C31H44N4O4. The summed E-state index contributed by atoms with van der Waals surface area (Å²) in [6, 6.07) is 6.03. The highest BCUT2D eigenvalue weighted by molar-refractivity contribution is 6.01. The Morgan fingerprint density at radius 2 is 1.59 bits per heavy atom. The molecule has 0 spiro atoms. The first-order valence-corrected chi connectivity index (χ1v) is 15.1. The van der Waals surface area contributed by atoms with E-state index in [0.717, 1.165) is 31.6 Å². The van der Waals surface area contributed by atoms with E-state index in [9.17, 15) is 19.2 Å². The first kappa shape index (κ1) is 27.7. The van der Waals surface area contributed by atoms with Gasteiger partial charge in [-0.15, -0.1) is 0 Å². The van der Waals surface area contributed by atoms with Crippen LogP contribution in [0.15, 0.2) is 24.3 Å². The average molecular weight is 537 g/mol. The standard InChI is InChI=1S/C31H44N4O4/c1-21(2)18-25(32-30(38)23-10-12-24(13-11-23)33-15-6-7-16-33)31(39)34-17-14-26-29(34)27(36)20-35(26)28(37)19-22-8-4-3-5-9-22/h10-13,21-22,25-26,29H,3-9,14-20H2,1-2H3,(H,32,38). The zero-order valence-electron chi connectivity index (χ0n) is 23.6. The Morgan fingerprint density at radius 1 is 0.897 bits per heavy atom. The molecule has 3 heterocycles. The summed E-state index contributed by atoms with van der Waals surface area (Å²) < 4.78 is 0. The molecule has 4 fully saturated rings. The van der Waals surface area contributed by atoms with Crippen LogP contribution in [-0.4, -0.2) is 77.6 Å². The number of carbonyl (C=O) groups is 4. The molecule has 3 aliphatic heterocycles. The molecule has 8 heteroatoms. The van der Waals surface area contributed by atoms with Gasteiger partial charge in [0.1, 0.15) is 12.1 Å². The zero-order valence-corrected chi connectivity index (χ0v) is 23.6. The highest BCUT2D eigenvalue weighted by Gasteiger charge is 2.52. The minimum atomic E-state index is -0.714. The predicted molar refractivity (Wildman–Crippen MR) is 150 cm³/mol. The minimum Gasteiger partial charge on any atom is -0.372 e. The van der Waals surface area contributed by atoms with Crippen molar-refractivity contribution in [2.45, 2.75) is 96.2 Å². The first-order valence-electron chi connectivity index (χ1n) is 15.1. The van der Waals surface area contributed by atoms with Gasteiger partial charge in [-0.25, -0.2) is 0 Å². The van der Waals surface area contributed by atoms with Gasteiger partial charge in [0.2, 0.25) is 11.8 Å². The lowest BCUT2D eigenvalue weighted by Crippen LogP contribution is -2.53. The number of amides is 3. The molecule has 212 valence electrons. The Hall–Kier alpha value is -2.90. The monoisotopic (exact) mass is 536 g/mol. The van der Waals surface area contributed by atoms with E-state index < -0.39 is 12.1 Å². The van der Waals surface area contributed by atoms with Crippen LogP contribution < -0.4 is 10.2 Å². The van der Waals surface area contributed by atoms with E-state index in [4.69, 9.17) is 0 Å². The van der Waals surface area contributed by atoms with Gasteiger partial charge in [-0.05, 0) is 74.6 Å². The zero-order chi connectivity index (χ0) is 27.5. The molecule has 1 aromatic rings. The maximum Gasteiger partial charge on any atom is 0.251 e. The number of carbonyl (C=O) groups excluding carboxylic acids is 4. The number of nitrogens with zero attached hydrogens (tertiary/aromatic N) is 3. The predicted octanol–water partition coefficient (Wildman–Crippen LogP) is 3.78. The van der Waals surface area contributed by atoms with Crippen LogP contribution in [0, 0.1) is 11.8 Å². The molecule has 1 saturated carbocycles. The van der Waals surface area contributed by atoms with Crippen LogP contribution in [0.25, 0.3) is 0 Å². The van der Waals surface area contributed by atoms with Gasteiger partial charge in [-0.2, -0.15) is 0 Å². The summed E-state index contributed by atoms with van der Waals surface area (Å²) in [5.74, 6) is 0.0991. The largest absolute Gasteiger partial charge is 0.372 e. The van der Waals surface area contributed by atoms with Crippen molar-refractivity contribution in [1.82, 2.24) is 15.1 Å². The van der Waals surface area contributed by atoms with Crippen LogP contribution in [0.2, 0.25) is 0 Å². The van der Waals surface area contributed by atoms with Gasteiger partial charge < -0.3 is 20.0 Å². The molecule has 3 saturated heterocycles. The summed E-state index contributed by atoms with van der Waals surface area (Å²) in [5.41, 5.74) is 1.64. The van der Waals surface area contributed by atoms with Gasteiger partial charge in [0.15, 0.2) is 5.78 Å². The first-order chi connectivity index (χ1) is 18.8. The molecule has 3 unspecified atom stereocenters. The Morgan fingerprint density at radius 3 is 2.26 bits per heavy atom. The highest BCUT2D eigenvalue weighted by atomic mass is 16.2. The number of fused-ring (bicyclic) bond motifs is 1. The lowest BCUT2D eigenvalue weighted by molar-refractivity contribution is -0.138. The maximum atomic E-state index is 13.8. The molecule has 0 bridgehead atoms. The Balaban J connectivity index is 1.24. The number of rotatable bonds is 8. The summed E-state index contributed by atoms with van der Waals surface area (Å²) in [4.78, 5) is 59.0. The highest BCUT2D eigenvalue weighted by Crippen LogP contribution is 2.33. The molecule has 4 aliphatic rings. The number of hydrogen-bond acceptors (Lipinski definition) is 5. The Bertz CT molecular complexity index is 1060. The molecular weight excluding hydrogens is 492 g/mol. The number of anilines is 1. The summed E-state index contributed by atoms with van der Waals surface area (Å²) in [7, 11) is 0. The van der Waals surface area contributed by atoms with E-state index in [1.54, 1.807) is 9.80 Å². The van der Waals surface area contributed by atoms with Gasteiger partial charge in [0.25, 0.3) is 5.91 Å². The molecule has 0 aromatic heterocycles. The van der Waals surface area contributed by atoms with E-state index in [1.165, 1.54) is 32.1 Å².